The zero-order valence-electron chi connectivity index (χ0n) is 9.88. The Morgan fingerprint density at radius 2 is 1.35 bits per heavy atom. The maximum atomic E-state index is 9.40. The van der Waals surface area contributed by atoms with Crippen LogP contribution < -0.4 is 0 Å². The molecule has 86 valence electrons. The van der Waals surface area contributed by atoms with E-state index in [1.807, 2.05) is 42.5 Å². The second-order valence-corrected chi connectivity index (χ2v) is 4.09. The van der Waals surface area contributed by atoms with Crippen molar-refractivity contribution < 1.29 is 5.11 Å². The number of aliphatic hydroxyl groups is 1. The molecule has 1 heteroatoms. The predicted molar refractivity (Wildman–Crippen MR) is 72.4 cm³/mol. The Kier molecular flexibility index (Phi) is 3.73. The number of benzene rings is 2. The van der Waals surface area contributed by atoms with Gasteiger partial charge in [0.15, 0.2) is 0 Å². The van der Waals surface area contributed by atoms with Crippen molar-refractivity contribution in [2.45, 2.75) is 13.0 Å². The maximum absolute atomic E-state index is 9.40. The lowest BCUT2D eigenvalue weighted by molar-refractivity contribution is 0.199. The van der Waals surface area contributed by atoms with Crippen LogP contribution >= 0.6 is 0 Å². The molecule has 1 atom stereocenters. The van der Waals surface area contributed by atoms with E-state index in [0.717, 1.165) is 11.1 Å². The zero-order chi connectivity index (χ0) is 12.1. The van der Waals surface area contributed by atoms with Crippen LogP contribution in [0, 0.1) is 0 Å². The minimum absolute atomic E-state index is 0.401. The molecule has 0 aliphatic rings. The Bertz CT molecular complexity index is 481. The molecule has 1 N–H and O–H groups in total. The van der Waals surface area contributed by atoms with Gasteiger partial charge in [-0.3, -0.25) is 0 Å². The molecule has 0 heterocycles. The minimum atomic E-state index is -0.401. The van der Waals surface area contributed by atoms with E-state index in [0.29, 0.717) is 0 Å². The number of rotatable bonds is 3. The Labute approximate surface area is 102 Å². The van der Waals surface area contributed by atoms with E-state index in [1.165, 1.54) is 5.56 Å². The molecule has 0 aliphatic heterocycles. The topological polar surface area (TPSA) is 20.2 Å². The van der Waals surface area contributed by atoms with E-state index in [2.05, 4.69) is 24.3 Å². The Morgan fingerprint density at radius 3 is 1.88 bits per heavy atom. The van der Waals surface area contributed by atoms with Crippen LogP contribution in [-0.4, -0.2) is 5.11 Å². The second-order valence-electron chi connectivity index (χ2n) is 4.09. The molecular formula is C16H16O. The minimum Gasteiger partial charge on any atom is -0.389 e. The van der Waals surface area contributed by atoms with Crippen LogP contribution in [0.25, 0.3) is 12.2 Å². The molecule has 17 heavy (non-hydrogen) atoms. The third-order valence-electron chi connectivity index (χ3n) is 2.69. The van der Waals surface area contributed by atoms with E-state index >= 15 is 0 Å². The first kappa shape index (κ1) is 11.6. The van der Waals surface area contributed by atoms with Crippen LogP contribution in [0.4, 0.5) is 0 Å². The van der Waals surface area contributed by atoms with Gasteiger partial charge in [-0.25, -0.2) is 0 Å². The molecule has 1 unspecified atom stereocenters. The van der Waals surface area contributed by atoms with Gasteiger partial charge in [-0.2, -0.15) is 0 Å². The first-order valence-corrected chi connectivity index (χ1v) is 5.77. The second kappa shape index (κ2) is 5.46. The fraction of sp³-hybridized carbons (Fsp3) is 0.125. The van der Waals surface area contributed by atoms with Gasteiger partial charge in [0.2, 0.25) is 0 Å². The molecule has 1 nitrogen and oxygen atoms in total. The van der Waals surface area contributed by atoms with Gasteiger partial charge in [-0.1, -0.05) is 66.7 Å². The van der Waals surface area contributed by atoms with Crippen molar-refractivity contribution in [1.29, 1.82) is 0 Å². The van der Waals surface area contributed by atoms with Crippen molar-refractivity contribution in [2.75, 3.05) is 0 Å². The van der Waals surface area contributed by atoms with Crippen LogP contribution in [0.15, 0.2) is 54.6 Å². The average molecular weight is 224 g/mol. The summed E-state index contributed by atoms with van der Waals surface area (Å²) in [7, 11) is 0. The highest BCUT2D eigenvalue weighted by molar-refractivity contribution is 5.69. The fourth-order valence-electron chi connectivity index (χ4n) is 1.64. The van der Waals surface area contributed by atoms with Crippen molar-refractivity contribution in [1.82, 2.24) is 0 Å². The van der Waals surface area contributed by atoms with E-state index in [1.54, 1.807) is 6.92 Å². The van der Waals surface area contributed by atoms with Gasteiger partial charge in [-0.05, 0) is 23.6 Å². The van der Waals surface area contributed by atoms with Crippen LogP contribution in [-0.2, 0) is 0 Å². The van der Waals surface area contributed by atoms with Gasteiger partial charge in [0, 0.05) is 0 Å². The molecule has 2 aromatic rings. The molecule has 0 amide bonds. The highest BCUT2D eigenvalue weighted by Gasteiger charge is 1.98. The third-order valence-corrected chi connectivity index (χ3v) is 2.69. The molecule has 0 aromatic heterocycles. The predicted octanol–water partition coefficient (Wildman–Crippen LogP) is 3.91. The third kappa shape index (κ3) is 3.30. The van der Waals surface area contributed by atoms with Gasteiger partial charge in [0.25, 0.3) is 0 Å². The zero-order valence-corrected chi connectivity index (χ0v) is 9.88. The SMILES string of the molecule is CC(O)c1ccc(/C=C/c2ccccc2)cc1. The summed E-state index contributed by atoms with van der Waals surface area (Å²) in [5.41, 5.74) is 3.27. The van der Waals surface area contributed by atoms with Gasteiger partial charge >= 0.3 is 0 Å². The molecule has 0 bridgehead atoms. The Balaban J connectivity index is 2.12. The number of hydrogen-bond donors (Lipinski definition) is 1. The first-order chi connectivity index (χ1) is 8.25. The van der Waals surface area contributed by atoms with E-state index in [9.17, 15) is 5.11 Å². The average Bonchev–Trinajstić information content (AvgIpc) is 2.38. The molecule has 2 rings (SSSR count). The number of hydrogen-bond acceptors (Lipinski definition) is 1. The lowest BCUT2D eigenvalue weighted by atomic mass is 10.1. The summed E-state index contributed by atoms with van der Waals surface area (Å²) in [6, 6.07) is 18.1. The van der Waals surface area contributed by atoms with Crippen molar-refractivity contribution >= 4 is 12.2 Å². The largest absolute Gasteiger partial charge is 0.389 e. The molecular weight excluding hydrogens is 208 g/mol. The highest BCUT2D eigenvalue weighted by Crippen LogP contribution is 2.14. The summed E-state index contributed by atoms with van der Waals surface area (Å²) < 4.78 is 0. The van der Waals surface area contributed by atoms with Crippen molar-refractivity contribution in [3.63, 3.8) is 0 Å². The number of aliphatic hydroxyl groups excluding tert-OH is 1. The van der Waals surface area contributed by atoms with E-state index < -0.39 is 6.10 Å². The molecule has 0 radical (unpaired) electrons. The van der Waals surface area contributed by atoms with Crippen molar-refractivity contribution in [2.24, 2.45) is 0 Å². The standard InChI is InChI=1S/C16H16O/c1-13(17)16-11-9-15(10-12-16)8-7-14-5-3-2-4-6-14/h2-13,17H,1H3/b8-7+. The van der Waals surface area contributed by atoms with Gasteiger partial charge in [-0.15, -0.1) is 0 Å². The molecule has 0 aliphatic carbocycles. The van der Waals surface area contributed by atoms with Crippen LogP contribution in [0.5, 0.6) is 0 Å². The summed E-state index contributed by atoms with van der Waals surface area (Å²) in [5, 5.41) is 9.40. The quantitative estimate of drug-likeness (QED) is 0.784. The molecule has 2 aromatic carbocycles. The summed E-state index contributed by atoms with van der Waals surface area (Å²) in [6.07, 6.45) is 3.75. The first-order valence-electron chi connectivity index (χ1n) is 5.77. The fourth-order valence-corrected chi connectivity index (χ4v) is 1.64. The lowest BCUT2D eigenvalue weighted by Gasteiger charge is -2.03. The summed E-state index contributed by atoms with van der Waals surface area (Å²) in [6.45, 7) is 1.77. The van der Waals surface area contributed by atoms with Crippen LogP contribution in [0.3, 0.4) is 0 Å². The van der Waals surface area contributed by atoms with Gasteiger partial charge in [0.1, 0.15) is 0 Å². The molecule has 0 saturated heterocycles. The monoisotopic (exact) mass is 224 g/mol. The summed E-state index contributed by atoms with van der Waals surface area (Å²) >= 11 is 0. The maximum Gasteiger partial charge on any atom is 0.0761 e. The lowest BCUT2D eigenvalue weighted by Crippen LogP contribution is -1.89. The van der Waals surface area contributed by atoms with E-state index in [4.69, 9.17) is 0 Å². The van der Waals surface area contributed by atoms with Crippen molar-refractivity contribution in [3.05, 3.63) is 71.3 Å². The summed E-state index contributed by atoms with van der Waals surface area (Å²) in [4.78, 5) is 0. The highest BCUT2D eigenvalue weighted by atomic mass is 16.3. The molecule has 0 spiro atoms. The molecule has 0 saturated carbocycles. The van der Waals surface area contributed by atoms with Gasteiger partial charge in [0.05, 0.1) is 6.10 Å². The normalized spacial score (nSPS) is 12.8. The van der Waals surface area contributed by atoms with Crippen LogP contribution in [0.2, 0.25) is 0 Å². The smallest absolute Gasteiger partial charge is 0.0761 e. The Morgan fingerprint density at radius 1 is 0.824 bits per heavy atom. The van der Waals surface area contributed by atoms with E-state index in [-0.39, 0.29) is 0 Å². The van der Waals surface area contributed by atoms with Crippen molar-refractivity contribution in [3.8, 4) is 0 Å². The van der Waals surface area contributed by atoms with Gasteiger partial charge < -0.3 is 5.11 Å². The molecule has 0 fully saturated rings. The Hall–Kier alpha value is -1.86. The summed E-state index contributed by atoms with van der Waals surface area (Å²) in [5.74, 6) is 0. The van der Waals surface area contributed by atoms with Crippen LogP contribution in [0.1, 0.15) is 29.7 Å².